The number of fused-ring (bicyclic) bond motifs is 1. The molecule has 1 fully saturated rings. The molecule has 1 atom stereocenters. The van der Waals surface area contributed by atoms with Crippen LogP contribution in [0.5, 0.6) is 0 Å². The van der Waals surface area contributed by atoms with E-state index in [0.29, 0.717) is 29.2 Å². The molecule has 0 amide bonds. The van der Waals surface area contributed by atoms with Gasteiger partial charge in [-0.3, -0.25) is 0 Å². The summed E-state index contributed by atoms with van der Waals surface area (Å²) in [4.78, 5) is 14.0. The summed E-state index contributed by atoms with van der Waals surface area (Å²) in [7, 11) is -3.60. The number of nitrogens with zero attached hydrogens (tertiary/aromatic N) is 3. The zero-order valence-corrected chi connectivity index (χ0v) is 22.8. The predicted molar refractivity (Wildman–Crippen MR) is 149 cm³/mol. The third kappa shape index (κ3) is 6.94. The van der Waals surface area contributed by atoms with E-state index in [1.54, 1.807) is 12.1 Å². The number of hydrogen-bond acceptors (Lipinski definition) is 8. The van der Waals surface area contributed by atoms with Gasteiger partial charge in [0.05, 0.1) is 10.9 Å². The molecule has 37 heavy (non-hydrogen) atoms. The van der Waals surface area contributed by atoms with Gasteiger partial charge in [-0.25, -0.2) is 13.1 Å². The molecule has 1 aliphatic rings. The summed E-state index contributed by atoms with van der Waals surface area (Å²) < 4.78 is 29.0. The Hall–Kier alpha value is -2.82. The summed E-state index contributed by atoms with van der Waals surface area (Å²) in [6.45, 7) is 7.37. The minimum Gasteiger partial charge on any atom is -0.354 e. The van der Waals surface area contributed by atoms with E-state index in [9.17, 15) is 8.42 Å². The van der Waals surface area contributed by atoms with Crippen molar-refractivity contribution in [2.24, 2.45) is 17.6 Å². The molecular weight excluding hydrogens is 486 g/mol. The predicted octanol–water partition coefficient (Wildman–Crippen LogP) is 4.45. The molecule has 200 valence electrons. The van der Waals surface area contributed by atoms with Crippen LogP contribution in [0.25, 0.3) is 10.8 Å². The largest absolute Gasteiger partial charge is 0.354 e. The van der Waals surface area contributed by atoms with Crippen LogP contribution in [0, 0.1) is 11.8 Å². The minimum absolute atomic E-state index is 0.193. The highest BCUT2D eigenvalue weighted by Crippen LogP contribution is 2.35. The third-order valence-electron chi connectivity index (χ3n) is 6.90. The number of sulfonamides is 1. The van der Waals surface area contributed by atoms with E-state index in [1.807, 2.05) is 44.2 Å². The lowest BCUT2D eigenvalue weighted by molar-refractivity contribution is 0.240. The van der Waals surface area contributed by atoms with Crippen LogP contribution < -0.4 is 21.1 Å². The van der Waals surface area contributed by atoms with Crippen molar-refractivity contribution < 1.29 is 8.42 Å². The lowest BCUT2D eigenvalue weighted by Crippen LogP contribution is -2.34. The van der Waals surface area contributed by atoms with Gasteiger partial charge in [-0.05, 0) is 69.2 Å². The van der Waals surface area contributed by atoms with Crippen LogP contribution in [0.3, 0.4) is 0 Å². The fraction of sp³-hybridized carbons (Fsp3) is 0.519. The summed E-state index contributed by atoms with van der Waals surface area (Å²) in [5.74, 6) is 2.18. The molecule has 10 heteroatoms. The molecule has 5 N–H and O–H groups in total. The Morgan fingerprint density at radius 2 is 1.68 bits per heavy atom. The highest BCUT2D eigenvalue weighted by atomic mass is 32.2. The maximum Gasteiger partial charge on any atom is 0.241 e. The maximum atomic E-state index is 13.1. The van der Waals surface area contributed by atoms with Crippen LogP contribution in [-0.2, 0) is 10.0 Å². The Bertz CT molecular complexity index is 1290. The highest BCUT2D eigenvalue weighted by molar-refractivity contribution is 7.89. The number of aromatic nitrogens is 3. The topological polar surface area (TPSA) is 135 Å². The van der Waals surface area contributed by atoms with Gasteiger partial charge in [-0.2, -0.15) is 15.0 Å². The van der Waals surface area contributed by atoms with E-state index in [0.717, 1.165) is 49.4 Å². The molecule has 1 aliphatic carbocycles. The lowest BCUT2D eigenvalue weighted by Gasteiger charge is -2.31. The number of anilines is 2. The van der Waals surface area contributed by atoms with Crippen LogP contribution in [-0.4, -0.2) is 42.5 Å². The van der Waals surface area contributed by atoms with Crippen molar-refractivity contribution in [1.82, 2.24) is 19.7 Å². The zero-order valence-electron chi connectivity index (χ0n) is 21.9. The van der Waals surface area contributed by atoms with Crippen molar-refractivity contribution >= 4 is 32.7 Å². The van der Waals surface area contributed by atoms with E-state index in [4.69, 9.17) is 5.73 Å². The van der Waals surface area contributed by atoms with Gasteiger partial charge in [0, 0.05) is 24.5 Å². The van der Waals surface area contributed by atoms with Crippen molar-refractivity contribution in [3.63, 3.8) is 0 Å². The van der Waals surface area contributed by atoms with Crippen LogP contribution >= 0.6 is 0 Å². The zero-order chi connectivity index (χ0) is 26.4. The molecule has 3 aromatic rings. The molecule has 0 bridgehead atoms. The van der Waals surface area contributed by atoms with Crippen molar-refractivity contribution in [3.05, 3.63) is 48.3 Å². The summed E-state index contributed by atoms with van der Waals surface area (Å²) in [6, 6.07) is 12.8. The summed E-state index contributed by atoms with van der Waals surface area (Å²) >= 11 is 0. The second-order valence-electron chi connectivity index (χ2n) is 10.2. The number of nitrogens with one attached hydrogen (secondary N) is 3. The molecular formula is C27H39N7O2S. The van der Waals surface area contributed by atoms with E-state index in [1.165, 1.54) is 0 Å². The first-order valence-corrected chi connectivity index (χ1v) is 14.7. The smallest absolute Gasteiger partial charge is 0.241 e. The third-order valence-corrected chi connectivity index (χ3v) is 8.38. The van der Waals surface area contributed by atoms with Gasteiger partial charge in [0.15, 0.2) is 5.82 Å². The second-order valence-corrected chi connectivity index (χ2v) is 11.9. The van der Waals surface area contributed by atoms with E-state index < -0.39 is 10.0 Å². The van der Waals surface area contributed by atoms with Gasteiger partial charge in [-0.15, -0.1) is 0 Å². The second kappa shape index (κ2) is 12.1. The van der Waals surface area contributed by atoms with Gasteiger partial charge < -0.3 is 16.4 Å². The number of hydrogen-bond donors (Lipinski definition) is 4. The van der Waals surface area contributed by atoms with Gasteiger partial charge in [-0.1, -0.05) is 43.3 Å². The SMILES string of the molecule is CCCNc1nc(NC(C)C)nc(C(N)C2CCC(CNS(=O)(=O)c3cccc4ccccc34)CC2)n1. The Balaban J connectivity index is 1.37. The van der Waals surface area contributed by atoms with Gasteiger partial charge in [0.1, 0.15) is 0 Å². The lowest BCUT2D eigenvalue weighted by atomic mass is 9.78. The quantitative estimate of drug-likeness (QED) is 0.288. The van der Waals surface area contributed by atoms with Crippen molar-refractivity contribution in [2.45, 2.75) is 69.9 Å². The summed E-state index contributed by atoms with van der Waals surface area (Å²) in [5, 5.41) is 8.16. The average molecular weight is 526 g/mol. The van der Waals surface area contributed by atoms with E-state index in [2.05, 4.69) is 37.2 Å². The molecule has 1 heterocycles. The Morgan fingerprint density at radius 1 is 0.973 bits per heavy atom. The summed E-state index contributed by atoms with van der Waals surface area (Å²) in [5.41, 5.74) is 6.66. The van der Waals surface area contributed by atoms with Crippen molar-refractivity contribution in [1.29, 1.82) is 0 Å². The highest BCUT2D eigenvalue weighted by Gasteiger charge is 2.29. The van der Waals surface area contributed by atoms with Crippen molar-refractivity contribution in [3.8, 4) is 0 Å². The van der Waals surface area contributed by atoms with Gasteiger partial charge in [0.25, 0.3) is 0 Å². The van der Waals surface area contributed by atoms with E-state index >= 15 is 0 Å². The first-order valence-electron chi connectivity index (χ1n) is 13.3. The Labute approximate surface area is 220 Å². The molecule has 1 unspecified atom stereocenters. The fourth-order valence-corrected chi connectivity index (χ4v) is 6.22. The van der Waals surface area contributed by atoms with Crippen LogP contribution in [0.15, 0.2) is 47.4 Å². The van der Waals surface area contributed by atoms with Crippen molar-refractivity contribution in [2.75, 3.05) is 23.7 Å². The van der Waals surface area contributed by atoms with Crippen LogP contribution in [0.2, 0.25) is 0 Å². The standard InChI is InChI=1S/C27H39N7O2S/c1-4-16-29-26-32-25(33-27(34-26)31-18(2)3)24(28)21-14-12-19(13-15-21)17-30-37(35,36)23-11-7-9-20-8-5-6-10-22(20)23/h5-11,18-19,21,24,30H,4,12-17,28H2,1-3H3,(H2,29,31,32,33,34). The van der Waals surface area contributed by atoms with Crippen LogP contribution in [0.1, 0.15) is 64.7 Å². The molecule has 0 radical (unpaired) electrons. The molecule has 1 saturated carbocycles. The van der Waals surface area contributed by atoms with E-state index in [-0.39, 0.29) is 23.9 Å². The normalized spacial score (nSPS) is 19.2. The molecule has 0 saturated heterocycles. The Morgan fingerprint density at radius 3 is 2.41 bits per heavy atom. The number of nitrogens with two attached hydrogens (primary N) is 1. The fourth-order valence-electron chi connectivity index (χ4n) is 4.88. The van der Waals surface area contributed by atoms with Gasteiger partial charge >= 0.3 is 0 Å². The Kier molecular flexibility index (Phi) is 8.94. The van der Waals surface area contributed by atoms with Crippen LogP contribution in [0.4, 0.5) is 11.9 Å². The molecule has 1 aromatic heterocycles. The summed E-state index contributed by atoms with van der Waals surface area (Å²) in [6.07, 6.45) is 4.57. The average Bonchev–Trinajstić information content (AvgIpc) is 2.90. The molecule has 4 rings (SSSR count). The monoisotopic (exact) mass is 525 g/mol. The molecule has 0 aliphatic heterocycles. The molecule has 0 spiro atoms. The molecule has 2 aromatic carbocycles. The van der Waals surface area contributed by atoms with Gasteiger partial charge in [0.2, 0.25) is 21.9 Å². The maximum absolute atomic E-state index is 13.1. The number of benzene rings is 2. The number of rotatable bonds is 11. The molecule has 9 nitrogen and oxygen atoms in total. The first-order chi connectivity index (χ1) is 17.8. The minimum atomic E-state index is -3.60. The first kappa shape index (κ1) is 27.2.